The van der Waals surface area contributed by atoms with E-state index in [0.29, 0.717) is 0 Å². The predicted molar refractivity (Wildman–Crippen MR) is 57.8 cm³/mol. The van der Waals surface area contributed by atoms with Crippen LogP contribution in [0.4, 0.5) is 27.6 Å². The summed E-state index contributed by atoms with van der Waals surface area (Å²) >= 11 is 0. The summed E-state index contributed by atoms with van der Waals surface area (Å²) in [6.45, 7) is -0.0840. The summed E-state index contributed by atoms with van der Waals surface area (Å²) in [6.07, 6.45) is -0.231. The fourth-order valence-corrected chi connectivity index (χ4v) is 1.40. The second-order valence-electron chi connectivity index (χ2n) is 3.76. The molecule has 0 fully saturated rings. The first-order valence-electron chi connectivity index (χ1n) is 5.31. The minimum Gasteiger partial charge on any atom is -0.480 e. The van der Waals surface area contributed by atoms with Crippen LogP contribution >= 0.6 is 0 Å². The summed E-state index contributed by atoms with van der Waals surface area (Å²) < 4.78 is 69.9. The Kier molecular flexibility index (Phi) is 5.26. The number of aliphatic carboxylic acids is 1. The number of methoxy groups -OCH3 is 1. The summed E-state index contributed by atoms with van der Waals surface area (Å²) in [6, 6.07) is -1.57. The minimum absolute atomic E-state index is 0.0840. The van der Waals surface area contributed by atoms with E-state index in [9.17, 15) is 26.7 Å². The van der Waals surface area contributed by atoms with Crippen molar-refractivity contribution in [3.8, 4) is 0 Å². The zero-order chi connectivity index (χ0) is 15.4. The van der Waals surface area contributed by atoms with Gasteiger partial charge in [0, 0.05) is 20.1 Å². The number of ether oxygens (including phenoxy) is 1. The molecule has 0 bridgehead atoms. The van der Waals surface area contributed by atoms with E-state index in [1.807, 2.05) is 0 Å². The van der Waals surface area contributed by atoms with Gasteiger partial charge in [-0.25, -0.2) is 26.7 Å². The maximum Gasteiger partial charge on any atom is 0.326 e. The van der Waals surface area contributed by atoms with Crippen LogP contribution < -0.4 is 5.32 Å². The van der Waals surface area contributed by atoms with Crippen LogP contribution in [0.5, 0.6) is 0 Å². The van der Waals surface area contributed by atoms with Gasteiger partial charge in [0.25, 0.3) is 0 Å². The maximum absolute atomic E-state index is 13.3. The average molecular weight is 299 g/mol. The Bertz CT molecular complexity index is 494. The van der Waals surface area contributed by atoms with Crippen molar-refractivity contribution >= 4 is 11.7 Å². The van der Waals surface area contributed by atoms with E-state index < -0.39 is 46.8 Å². The number of halogens is 5. The molecular formula is C11H10F5NO3. The smallest absolute Gasteiger partial charge is 0.326 e. The lowest BCUT2D eigenvalue weighted by molar-refractivity contribution is -0.138. The van der Waals surface area contributed by atoms with Crippen molar-refractivity contribution in [2.24, 2.45) is 0 Å². The van der Waals surface area contributed by atoms with Crippen molar-refractivity contribution < 1.29 is 36.6 Å². The monoisotopic (exact) mass is 299 g/mol. The Balaban J connectivity index is 3.16. The van der Waals surface area contributed by atoms with Gasteiger partial charge in [-0.05, 0) is 0 Å². The van der Waals surface area contributed by atoms with Crippen LogP contribution in [0.3, 0.4) is 0 Å². The molecule has 0 aliphatic rings. The van der Waals surface area contributed by atoms with Gasteiger partial charge in [0.15, 0.2) is 23.3 Å². The van der Waals surface area contributed by atoms with Gasteiger partial charge < -0.3 is 15.2 Å². The van der Waals surface area contributed by atoms with Crippen LogP contribution in [0.2, 0.25) is 0 Å². The molecule has 1 rings (SSSR count). The quantitative estimate of drug-likeness (QED) is 0.481. The second kappa shape index (κ2) is 6.51. The zero-order valence-corrected chi connectivity index (χ0v) is 10.1. The fourth-order valence-electron chi connectivity index (χ4n) is 1.40. The molecule has 0 aromatic heterocycles. The van der Waals surface area contributed by atoms with E-state index in [-0.39, 0.29) is 13.0 Å². The van der Waals surface area contributed by atoms with Gasteiger partial charge in [0.05, 0.1) is 0 Å². The Morgan fingerprint density at radius 2 is 1.55 bits per heavy atom. The molecule has 0 heterocycles. The van der Waals surface area contributed by atoms with Crippen LogP contribution in [0.15, 0.2) is 0 Å². The first-order chi connectivity index (χ1) is 9.31. The summed E-state index contributed by atoms with van der Waals surface area (Å²) in [5.74, 6) is -12.4. The SMILES string of the molecule is COCCC(Nc1c(F)c(F)c(F)c(F)c1F)C(=O)O. The molecule has 2 N–H and O–H groups in total. The third-order valence-electron chi connectivity index (χ3n) is 2.44. The number of carboxylic acids is 1. The molecule has 1 unspecified atom stereocenters. The highest BCUT2D eigenvalue weighted by Crippen LogP contribution is 2.27. The summed E-state index contributed by atoms with van der Waals surface area (Å²) in [4.78, 5) is 10.8. The average Bonchev–Trinajstić information content (AvgIpc) is 2.42. The topological polar surface area (TPSA) is 58.6 Å². The second-order valence-corrected chi connectivity index (χ2v) is 3.76. The first-order valence-corrected chi connectivity index (χ1v) is 5.31. The third kappa shape index (κ3) is 3.16. The van der Waals surface area contributed by atoms with Crippen LogP contribution in [0.25, 0.3) is 0 Å². The molecule has 1 aromatic rings. The van der Waals surface area contributed by atoms with Crippen LogP contribution in [0.1, 0.15) is 6.42 Å². The Hall–Kier alpha value is -1.90. The van der Waals surface area contributed by atoms with E-state index in [2.05, 4.69) is 4.74 Å². The third-order valence-corrected chi connectivity index (χ3v) is 2.44. The Morgan fingerprint density at radius 1 is 1.10 bits per heavy atom. The maximum atomic E-state index is 13.3. The number of hydrogen-bond donors (Lipinski definition) is 2. The van der Waals surface area contributed by atoms with Crippen LogP contribution in [0, 0.1) is 29.1 Å². The van der Waals surface area contributed by atoms with Gasteiger partial charge in [-0.2, -0.15) is 0 Å². The van der Waals surface area contributed by atoms with Gasteiger partial charge >= 0.3 is 5.97 Å². The van der Waals surface area contributed by atoms with Gasteiger partial charge in [-0.3, -0.25) is 0 Å². The number of anilines is 1. The molecule has 1 aromatic carbocycles. The predicted octanol–water partition coefficient (Wildman–Crippen LogP) is 2.28. The van der Waals surface area contributed by atoms with Gasteiger partial charge in [0.2, 0.25) is 5.82 Å². The molecule has 4 nitrogen and oxygen atoms in total. The lowest BCUT2D eigenvalue weighted by Crippen LogP contribution is -2.31. The Labute approximate surface area is 110 Å². The highest BCUT2D eigenvalue weighted by molar-refractivity contribution is 5.77. The Morgan fingerprint density at radius 3 is 1.95 bits per heavy atom. The molecule has 112 valence electrons. The lowest BCUT2D eigenvalue weighted by Gasteiger charge is -2.17. The van der Waals surface area contributed by atoms with E-state index >= 15 is 0 Å². The van der Waals surface area contributed by atoms with Gasteiger partial charge in [-0.1, -0.05) is 0 Å². The molecule has 20 heavy (non-hydrogen) atoms. The van der Waals surface area contributed by atoms with E-state index in [4.69, 9.17) is 5.11 Å². The first kappa shape index (κ1) is 16.2. The van der Waals surface area contributed by atoms with Crippen LogP contribution in [-0.2, 0) is 9.53 Å². The minimum atomic E-state index is -2.31. The van der Waals surface area contributed by atoms with Crippen molar-refractivity contribution in [1.29, 1.82) is 0 Å². The number of nitrogens with one attached hydrogen (secondary N) is 1. The van der Waals surface area contributed by atoms with Crippen molar-refractivity contribution in [2.45, 2.75) is 12.5 Å². The number of benzene rings is 1. The van der Waals surface area contributed by atoms with Crippen LogP contribution in [-0.4, -0.2) is 30.8 Å². The summed E-state index contributed by atoms with van der Waals surface area (Å²) in [7, 11) is 1.26. The lowest BCUT2D eigenvalue weighted by atomic mass is 10.2. The molecule has 0 aliphatic heterocycles. The fraction of sp³-hybridized carbons (Fsp3) is 0.364. The molecule has 0 aliphatic carbocycles. The van der Waals surface area contributed by atoms with Crippen molar-refractivity contribution in [3.63, 3.8) is 0 Å². The molecule has 1 atom stereocenters. The number of rotatable bonds is 6. The molecule has 0 saturated carbocycles. The molecule has 0 saturated heterocycles. The molecule has 0 amide bonds. The summed E-state index contributed by atoms with van der Waals surface area (Å²) in [5, 5.41) is 10.6. The molecule has 0 spiro atoms. The number of hydrogen-bond acceptors (Lipinski definition) is 3. The molecule has 0 radical (unpaired) electrons. The van der Waals surface area contributed by atoms with E-state index in [0.717, 1.165) is 0 Å². The normalized spacial score (nSPS) is 12.3. The number of carbonyl (C=O) groups is 1. The highest BCUT2D eigenvalue weighted by Gasteiger charge is 2.28. The van der Waals surface area contributed by atoms with Crippen molar-refractivity contribution in [1.82, 2.24) is 0 Å². The van der Waals surface area contributed by atoms with Crippen molar-refractivity contribution in [2.75, 3.05) is 19.0 Å². The van der Waals surface area contributed by atoms with E-state index in [1.54, 1.807) is 5.32 Å². The standard InChI is InChI=1S/C11H10F5NO3/c1-20-3-2-4(11(18)19)17-10-8(15)6(13)5(12)7(14)9(10)16/h4,17H,2-3H2,1H3,(H,18,19). The van der Waals surface area contributed by atoms with Gasteiger partial charge in [0.1, 0.15) is 11.7 Å². The molecule has 9 heteroatoms. The summed E-state index contributed by atoms with van der Waals surface area (Å²) in [5.41, 5.74) is -1.38. The highest BCUT2D eigenvalue weighted by atomic mass is 19.2. The van der Waals surface area contributed by atoms with Crippen molar-refractivity contribution in [3.05, 3.63) is 29.1 Å². The number of carboxylic acid groups (broad SMARTS) is 1. The van der Waals surface area contributed by atoms with E-state index in [1.165, 1.54) is 7.11 Å². The molecular weight excluding hydrogens is 289 g/mol. The van der Waals surface area contributed by atoms with Gasteiger partial charge in [-0.15, -0.1) is 0 Å². The zero-order valence-electron chi connectivity index (χ0n) is 10.1. The largest absolute Gasteiger partial charge is 0.480 e.